The smallest absolute Gasteiger partial charge is 0.253 e. The maximum Gasteiger partial charge on any atom is 0.253 e. The zero-order valence-corrected chi connectivity index (χ0v) is 17.7. The number of nitrogens with zero attached hydrogens (tertiary/aromatic N) is 1. The third-order valence-corrected chi connectivity index (χ3v) is 5.53. The SMILES string of the molecule is CN(C(=O)c1ccc(NC(=O)CCc2ccccc2N)cc1)C1CCCCC1.Cl. The van der Waals surface area contributed by atoms with Crippen LogP contribution in [0.1, 0.15) is 54.4 Å². The molecule has 2 amide bonds. The summed E-state index contributed by atoms with van der Waals surface area (Å²) in [6.07, 6.45) is 6.79. The first-order valence-corrected chi connectivity index (χ1v) is 10.0. The summed E-state index contributed by atoms with van der Waals surface area (Å²) in [5.74, 6) is -0.0222. The van der Waals surface area contributed by atoms with Crippen LogP contribution in [0.4, 0.5) is 11.4 Å². The monoisotopic (exact) mass is 415 g/mol. The van der Waals surface area contributed by atoms with Crippen LogP contribution in [0.3, 0.4) is 0 Å². The Labute approximate surface area is 179 Å². The van der Waals surface area contributed by atoms with Crippen LogP contribution in [0.15, 0.2) is 48.5 Å². The predicted octanol–water partition coefficient (Wildman–Crippen LogP) is 4.67. The highest BCUT2D eigenvalue weighted by atomic mass is 35.5. The molecule has 0 spiro atoms. The molecule has 29 heavy (non-hydrogen) atoms. The molecule has 0 saturated heterocycles. The quantitative estimate of drug-likeness (QED) is 0.673. The van der Waals surface area contributed by atoms with Crippen molar-refractivity contribution < 1.29 is 9.59 Å². The van der Waals surface area contributed by atoms with E-state index in [1.807, 2.05) is 36.2 Å². The Balaban J connectivity index is 0.00000300. The van der Waals surface area contributed by atoms with Gasteiger partial charge >= 0.3 is 0 Å². The Morgan fingerprint density at radius 3 is 2.34 bits per heavy atom. The normalized spacial score (nSPS) is 14.0. The lowest BCUT2D eigenvalue weighted by Gasteiger charge is -2.31. The van der Waals surface area contributed by atoms with Gasteiger partial charge in [0.05, 0.1) is 0 Å². The van der Waals surface area contributed by atoms with Crippen molar-refractivity contribution in [3.8, 4) is 0 Å². The zero-order chi connectivity index (χ0) is 19.9. The highest BCUT2D eigenvalue weighted by molar-refractivity contribution is 5.96. The number of anilines is 2. The van der Waals surface area contributed by atoms with Crippen molar-refractivity contribution in [1.29, 1.82) is 0 Å². The van der Waals surface area contributed by atoms with Crippen LogP contribution in [0, 0.1) is 0 Å². The molecule has 0 heterocycles. The minimum Gasteiger partial charge on any atom is -0.399 e. The summed E-state index contributed by atoms with van der Waals surface area (Å²) in [4.78, 5) is 26.8. The van der Waals surface area contributed by atoms with E-state index in [4.69, 9.17) is 5.73 Å². The average Bonchev–Trinajstić information content (AvgIpc) is 2.73. The molecular formula is C23H30ClN3O2. The van der Waals surface area contributed by atoms with Crippen molar-refractivity contribution in [3.05, 3.63) is 59.7 Å². The number of nitrogen functional groups attached to an aromatic ring is 1. The Hall–Kier alpha value is -2.53. The molecular weight excluding hydrogens is 386 g/mol. The number of hydrogen-bond donors (Lipinski definition) is 2. The van der Waals surface area contributed by atoms with Gasteiger partial charge in [-0.1, -0.05) is 37.5 Å². The average molecular weight is 416 g/mol. The lowest BCUT2D eigenvalue weighted by Crippen LogP contribution is -2.38. The van der Waals surface area contributed by atoms with Crippen LogP contribution in [0.25, 0.3) is 0 Å². The van der Waals surface area contributed by atoms with E-state index < -0.39 is 0 Å². The summed E-state index contributed by atoms with van der Waals surface area (Å²) >= 11 is 0. The van der Waals surface area contributed by atoms with Crippen molar-refractivity contribution >= 4 is 35.6 Å². The van der Waals surface area contributed by atoms with E-state index in [-0.39, 0.29) is 24.2 Å². The second-order valence-electron chi connectivity index (χ2n) is 7.53. The molecule has 0 atom stereocenters. The fourth-order valence-corrected chi connectivity index (χ4v) is 3.77. The van der Waals surface area contributed by atoms with Crippen molar-refractivity contribution in [3.63, 3.8) is 0 Å². The van der Waals surface area contributed by atoms with E-state index in [1.165, 1.54) is 19.3 Å². The molecule has 6 heteroatoms. The fourth-order valence-electron chi connectivity index (χ4n) is 3.77. The molecule has 156 valence electrons. The fraction of sp³-hybridized carbons (Fsp3) is 0.391. The van der Waals surface area contributed by atoms with Crippen LogP contribution < -0.4 is 11.1 Å². The van der Waals surface area contributed by atoms with E-state index in [2.05, 4.69) is 5.32 Å². The number of nitrogens with two attached hydrogens (primary N) is 1. The van der Waals surface area contributed by atoms with Gasteiger partial charge in [-0.2, -0.15) is 0 Å². The second-order valence-corrected chi connectivity index (χ2v) is 7.53. The number of carbonyl (C=O) groups excluding carboxylic acids is 2. The van der Waals surface area contributed by atoms with Gasteiger partial charge in [0.15, 0.2) is 0 Å². The Kier molecular flexibility index (Phi) is 8.52. The second kappa shape index (κ2) is 10.9. The first-order chi connectivity index (χ1) is 13.5. The van der Waals surface area contributed by atoms with Gasteiger partial charge in [-0.25, -0.2) is 0 Å². The molecule has 0 radical (unpaired) electrons. The molecule has 0 unspecified atom stereocenters. The first kappa shape index (κ1) is 22.8. The van der Waals surface area contributed by atoms with Crippen LogP contribution in [0.5, 0.6) is 0 Å². The number of amides is 2. The van der Waals surface area contributed by atoms with Gasteiger partial charge in [-0.3, -0.25) is 9.59 Å². The largest absolute Gasteiger partial charge is 0.399 e. The van der Waals surface area contributed by atoms with Gasteiger partial charge in [0.2, 0.25) is 5.91 Å². The molecule has 0 bridgehead atoms. The van der Waals surface area contributed by atoms with Crippen molar-refractivity contribution in [1.82, 2.24) is 4.90 Å². The topological polar surface area (TPSA) is 75.4 Å². The standard InChI is InChI=1S/C23H29N3O2.ClH/c1-26(20-8-3-2-4-9-20)23(28)18-11-14-19(15-12-18)25-22(27)16-13-17-7-5-6-10-21(17)24;/h5-7,10-12,14-15,20H,2-4,8-9,13,16,24H2,1H3,(H,25,27);1H. The van der Waals surface area contributed by atoms with Gasteiger partial charge < -0.3 is 16.0 Å². The predicted molar refractivity (Wildman–Crippen MR) is 120 cm³/mol. The molecule has 1 fully saturated rings. The van der Waals surface area contributed by atoms with E-state index in [9.17, 15) is 9.59 Å². The molecule has 1 aliphatic carbocycles. The van der Waals surface area contributed by atoms with E-state index in [0.29, 0.717) is 35.8 Å². The Morgan fingerprint density at radius 1 is 1.03 bits per heavy atom. The maximum absolute atomic E-state index is 12.7. The first-order valence-electron chi connectivity index (χ1n) is 10.0. The Morgan fingerprint density at radius 2 is 1.69 bits per heavy atom. The molecule has 0 aromatic heterocycles. The molecule has 5 nitrogen and oxygen atoms in total. The molecule has 2 aromatic rings. The van der Waals surface area contributed by atoms with Crippen molar-refractivity contribution in [2.75, 3.05) is 18.1 Å². The highest BCUT2D eigenvalue weighted by Crippen LogP contribution is 2.23. The number of aryl methyl sites for hydroxylation is 1. The number of para-hydroxylation sites is 1. The minimum atomic E-state index is -0.0679. The van der Waals surface area contributed by atoms with Gasteiger partial charge in [0.25, 0.3) is 5.91 Å². The zero-order valence-electron chi connectivity index (χ0n) is 16.9. The molecule has 1 saturated carbocycles. The van der Waals surface area contributed by atoms with Crippen LogP contribution in [-0.2, 0) is 11.2 Å². The van der Waals surface area contributed by atoms with Crippen LogP contribution >= 0.6 is 12.4 Å². The molecule has 3 rings (SSSR count). The van der Waals surface area contributed by atoms with E-state index >= 15 is 0 Å². The minimum absolute atomic E-state index is 0. The van der Waals surface area contributed by atoms with Gasteiger partial charge in [0.1, 0.15) is 0 Å². The van der Waals surface area contributed by atoms with Crippen LogP contribution in [0.2, 0.25) is 0 Å². The van der Waals surface area contributed by atoms with E-state index in [0.717, 1.165) is 18.4 Å². The number of carbonyl (C=O) groups is 2. The Bertz CT molecular complexity index is 817. The summed E-state index contributed by atoms with van der Waals surface area (Å²) in [6, 6.07) is 15.1. The molecule has 1 aliphatic rings. The molecule has 0 aliphatic heterocycles. The van der Waals surface area contributed by atoms with Crippen molar-refractivity contribution in [2.45, 2.75) is 51.0 Å². The molecule has 2 aromatic carbocycles. The van der Waals surface area contributed by atoms with Gasteiger partial charge in [-0.15, -0.1) is 12.4 Å². The highest BCUT2D eigenvalue weighted by Gasteiger charge is 2.22. The van der Waals surface area contributed by atoms with Crippen molar-refractivity contribution in [2.24, 2.45) is 0 Å². The van der Waals surface area contributed by atoms with E-state index in [1.54, 1.807) is 24.3 Å². The third kappa shape index (κ3) is 6.23. The third-order valence-electron chi connectivity index (χ3n) is 5.53. The summed E-state index contributed by atoms with van der Waals surface area (Å²) in [5, 5.41) is 2.89. The lowest BCUT2D eigenvalue weighted by molar-refractivity contribution is -0.116. The maximum atomic E-state index is 12.7. The molecule has 3 N–H and O–H groups in total. The number of halogens is 1. The van der Waals surface area contributed by atoms with Gasteiger partial charge in [0, 0.05) is 36.4 Å². The number of benzene rings is 2. The van der Waals surface area contributed by atoms with Crippen LogP contribution in [-0.4, -0.2) is 29.8 Å². The summed E-state index contributed by atoms with van der Waals surface area (Å²) in [7, 11) is 1.89. The lowest BCUT2D eigenvalue weighted by atomic mass is 9.94. The summed E-state index contributed by atoms with van der Waals surface area (Å²) < 4.78 is 0. The van der Waals surface area contributed by atoms with Gasteiger partial charge in [-0.05, 0) is 55.2 Å². The number of nitrogens with one attached hydrogen (secondary N) is 1. The number of hydrogen-bond acceptors (Lipinski definition) is 3. The number of rotatable bonds is 6. The summed E-state index contributed by atoms with van der Waals surface area (Å²) in [6.45, 7) is 0. The summed E-state index contributed by atoms with van der Waals surface area (Å²) in [5.41, 5.74) is 8.95.